The number of hydrogen-bond donors (Lipinski definition) is 1. The van der Waals surface area contributed by atoms with Gasteiger partial charge < -0.3 is 9.42 Å². The first-order valence-corrected chi connectivity index (χ1v) is 10.9. The smallest absolute Gasteiger partial charge is 0.276 e. The molecule has 1 aromatic carbocycles. The number of nitrogens with one attached hydrogen (secondary N) is 1. The van der Waals surface area contributed by atoms with E-state index in [1.165, 1.54) is 0 Å². The van der Waals surface area contributed by atoms with Crippen LogP contribution in [0.2, 0.25) is 0 Å². The van der Waals surface area contributed by atoms with E-state index >= 15 is 0 Å². The molecule has 1 aliphatic carbocycles. The van der Waals surface area contributed by atoms with Gasteiger partial charge in [-0.3, -0.25) is 9.52 Å². The summed E-state index contributed by atoms with van der Waals surface area (Å²) in [6, 6.07) is 8.82. The summed E-state index contributed by atoms with van der Waals surface area (Å²) in [6.07, 6.45) is 4.85. The number of aryl methyl sites for hydroxylation is 1. The Morgan fingerprint density at radius 3 is 2.74 bits per heavy atom. The average molecular weight is 389 g/mol. The number of anilines is 1. The van der Waals surface area contributed by atoms with Crippen LogP contribution in [0, 0.1) is 0 Å². The zero-order chi connectivity index (χ0) is 18.9. The molecular formula is C19H23N3O4S. The molecule has 1 amide bonds. The number of fused-ring (bicyclic) bond motifs is 1. The average Bonchev–Trinajstić information content (AvgIpc) is 3.12. The zero-order valence-electron chi connectivity index (χ0n) is 15.1. The predicted molar refractivity (Wildman–Crippen MR) is 101 cm³/mol. The second-order valence-electron chi connectivity index (χ2n) is 7.17. The summed E-state index contributed by atoms with van der Waals surface area (Å²) in [5, 5.41) is 3.36. The minimum atomic E-state index is -3.58. The van der Waals surface area contributed by atoms with Gasteiger partial charge >= 0.3 is 0 Å². The lowest BCUT2D eigenvalue weighted by molar-refractivity contribution is 0.0715. The monoisotopic (exact) mass is 389 g/mol. The number of para-hydroxylation sites is 1. The van der Waals surface area contributed by atoms with Crippen molar-refractivity contribution in [3.8, 4) is 0 Å². The number of carbonyl (C=O) groups is 1. The minimum absolute atomic E-state index is 0.169. The molecule has 2 aromatic rings. The summed E-state index contributed by atoms with van der Waals surface area (Å²) in [4.78, 5) is 14.6. The van der Waals surface area contributed by atoms with Crippen molar-refractivity contribution in [2.24, 2.45) is 0 Å². The summed E-state index contributed by atoms with van der Waals surface area (Å²) < 4.78 is 33.5. The van der Waals surface area contributed by atoms with Gasteiger partial charge in [-0.05, 0) is 44.2 Å². The standard InChI is InChI=1S/C19H23N3O4S/c23-19(18-16-10-4-5-11-17(16)26-20-18)22-12-6-9-15(13-22)27(24,25)21-14-7-2-1-3-8-14/h1-3,7-8,15,21H,4-6,9-13H2/t15-/m0/s1. The van der Waals surface area contributed by atoms with Gasteiger partial charge in [0.2, 0.25) is 10.0 Å². The molecule has 2 aliphatic rings. The Hall–Kier alpha value is -2.35. The van der Waals surface area contributed by atoms with Gasteiger partial charge in [-0.25, -0.2) is 8.42 Å². The van der Waals surface area contributed by atoms with Gasteiger partial charge in [0.05, 0.1) is 5.25 Å². The maximum absolute atomic E-state index is 13.0. The van der Waals surface area contributed by atoms with Crippen molar-refractivity contribution in [2.45, 2.75) is 43.8 Å². The number of rotatable bonds is 4. The van der Waals surface area contributed by atoms with Crippen LogP contribution in [0.15, 0.2) is 34.9 Å². The van der Waals surface area contributed by atoms with Crippen molar-refractivity contribution in [1.82, 2.24) is 10.1 Å². The number of nitrogens with zero attached hydrogens (tertiary/aromatic N) is 2. The minimum Gasteiger partial charge on any atom is -0.360 e. The van der Waals surface area contributed by atoms with E-state index in [0.29, 0.717) is 30.8 Å². The third-order valence-electron chi connectivity index (χ3n) is 5.29. The quantitative estimate of drug-likeness (QED) is 0.868. The lowest BCUT2D eigenvalue weighted by atomic mass is 9.96. The van der Waals surface area contributed by atoms with Crippen molar-refractivity contribution >= 4 is 21.6 Å². The molecular weight excluding hydrogens is 366 g/mol. The number of likely N-dealkylation sites (tertiary alicyclic amines) is 1. The van der Waals surface area contributed by atoms with Gasteiger partial charge in [0.1, 0.15) is 5.76 Å². The van der Waals surface area contributed by atoms with Crippen molar-refractivity contribution in [2.75, 3.05) is 17.8 Å². The van der Waals surface area contributed by atoms with Crippen LogP contribution in [-0.4, -0.2) is 42.7 Å². The van der Waals surface area contributed by atoms with E-state index < -0.39 is 15.3 Å². The van der Waals surface area contributed by atoms with Crippen LogP contribution in [0.5, 0.6) is 0 Å². The summed E-state index contributed by atoms with van der Waals surface area (Å²) in [5.74, 6) is 0.582. The van der Waals surface area contributed by atoms with Crippen molar-refractivity contribution in [3.63, 3.8) is 0 Å². The Morgan fingerprint density at radius 1 is 1.15 bits per heavy atom. The van der Waals surface area contributed by atoms with E-state index in [4.69, 9.17) is 4.52 Å². The van der Waals surface area contributed by atoms with Crippen LogP contribution in [-0.2, 0) is 22.9 Å². The lowest BCUT2D eigenvalue weighted by Gasteiger charge is -2.32. The van der Waals surface area contributed by atoms with E-state index in [0.717, 1.165) is 37.0 Å². The Balaban J connectivity index is 1.49. The molecule has 27 heavy (non-hydrogen) atoms. The molecule has 1 fully saturated rings. The Morgan fingerprint density at radius 2 is 1.93 bits per heavy atom. The van der Waals surface area contributed by atoms with Crippen LogP contribution in [0.3, 0.4) is 0 Å². The first-order valence-electron chi connectivity index (χ1n) is 9.38. The van der Waals surface area contributed by atoms with Gasteiger partial charge in [-0.2, -0.15) is 0 Å². The van der Waals surface area contributed by atoms with Crippen LogP contribution < -0.4 is 4.72 Å². The third kappa shape index (κ3) is 3.71. The first kappa shape index (κ1) is 18.0. The van der Waals surface area contributed by atoms with E-state index in [1.54, 1.807) is 29.2 Å². The van der Waals surface area contributed by atoms with Crippen LogP contribution >= 0.6 is 0 Å². The van der Waals surface area contributed by atoms with Crippen molar-refractivity contribution in [3.05, 3.63) is 47.3 Å². The molecule has 1 aliphatic heterocycles. The zero-order valence-corrected chi connectivity index (χ0v) is 15.9. The third-order valence-corrected chi connectivity index (χ3v) is 7.07. The van der Waals surface area contributed by atoms with Crippen molar-refractivity contribution in [1.29, 1.82) is 0 Å². The van der Waals surface area contributed by atoms with Gasteiger partial charge in [-0.1, -0.05) is 23.4 Å². The van der Waals surface area contributed by atoms with E-state index in [2.05, 4.69) is 9.88 Å². The highest BCUT2D eigenvalue weighted by molar-refractivity contribution is 7.93. The highest BCUT2D eigenvalue weighted by atomic mass is 32.2. The van der Waals surface area contributed by atoms with Gasteiger partial charge in [0.25, 0.3) is 5.91 Å². The first-order chi connectivity index (χ1) is 13.0. The summed E-state index contributed by atoms with van der Waals surface area (Å²) in [6.45, 7) is 0.709. The Kier molecular flexibility index (Phi) is 4.90. The Bertz CT molecular complexity index is 924. The summed E-state index contributed by atoms with van der Waals surface area (Å²) in [7, 11) is -3.58. The molecule has 1 atom stereocenters. The molecule has 0 radical (unpaired) electrons. The number of amides is 1. The second kappa shape index (κ2) is 7.34. The maximum Gasteiger partial charge on any atom is 0.276 e. The molecule has 7 nitrogen and oxygen atoms in total. The summed E-state index contributed by atoms with van der Waals surface area (Å²) >= 11 is 0. The SMILES string of the molecule is O=C(c1noc2c1CCCC2)N1CCC[C@H](S(=O)(=O)Nc2ccccc2)C1. The molecule has 2 heterocycles. The number of carbonyl (C=O) groups excluding carboxylic acids is 1. The number of aromatic nitrogens is 1. The molecule has 4 rings (SSSR count). The highest BCUT2D eigenvalue weighted by Crippen LogP contribution is 2.27. The van der Waals surface area contributed by atoms with E-state index in [-0.39, 0.29) is 12.5 Å². The van der Waals surface area contributed by atoms with Crippen LogP contribution in [0.1, 0.15) is 47.5 Å². The number of benzene rings is 1. The number of piperidine rings is 1. The fraction of sp³-hybridized carbons (Fsp3) is 0.474. The number of hydrogen-bond acceptors (Lipinski definition) is 5. The number of sulfonamides is 1. The molecule has 0 spiro atoms. The maximum atomic E-state index is 13.0. The fourth-order valence-electron chi connectivity index (χ4n) is 3.83. The molecule has 0 unspecified atom stereocenters. The van der Waals surface area contributed by atoms with Gasteiger partial charge in [-0.15, -0.1) is 0 Å². The highest BCUT2D eigenvalue weighted by Gasteiger charge is 2.35. The molecule has 1 saturated heterocycles. The van der Waals surface area contributed by atoms with Crippen LogP contribution in [0.4, 0.5) is 5.69 Å². The Labute approximate surface area is 158 Å². The molecule has 0 saturated carbocycles. The molecule has 1 N–H and O–H groups in total. The van der Waals surface area contributed by atoms with Gasteiger partial charge in [0.15, 0.2) is 5.69 Å². The predicted octanol–water partition coefficient (Wildman–Crippen LogP) is 2.60. The largest absolute Gasteiger partial charge is 0.360 e. The molecule has 144 valence electrons. The topological polar surface area (TPSA) is 92.5 Å². The molecule has 8 heteroatoms. The van der Waals surface area contributed by atoms with Gasteiger partial charge in [0, 0.05) is 30.8 Å². The second-order valence-corrected chi connectivity index (χ2v) is 9.13. The van der Waals surface area contributed by atoms with Crippen LogP contribution in [0.25, 0.3) is 0 Å². The van der Waals surface area contributed by atoms with E-state index in [9.17, 15) is 13.2 Å². The normalized spacial score (nSPS) is 20.1. The van der Waals surface area contributed by atoms with E-state index in [1.807, 2.05) is 6.07 Å². The molecule has 1 aromatic heterocycles. The summed E-state index contributed by atoms with van der Waals surface area (Å²) in [5.41, 5.74) is 1.80. The van der Waals surface area contributed by atoms with Crippen molar-refractivity contribution < 1.29 is 17.7 Å². The molecule has 0 bridgehead atoms. The fourth-order valence-corrected chi connectivity index (χ4v) is 5.32. The lowest BCUT2D eigenvalue weighted by Crippen LogP contribution is -2.47.